The summed E-state index contributed by atoms with van der Waals surface area (Å²) in [6.07, 6.45) is 2.64. The Balaban J connectivity index is 2.04. The lowest BCUT2D eigenvalue weighted by Gasteiger charge is -2.12. The van der Waals surface area contributed by atoms with Crippen LogP contribution in [0.2, 0.25) is 0 Å². The highest BCUT2D eigenvalue weighted by molar-refractivity contribution is 5.81. The molecule has 1 aromatic heterocycles. The first-order valence-corrected chi connectivity index (χ1v) is 6.38. The molecule has 0 aliphatic heterocycles. The second kappa shape index (κ2) is 4.16. The molecule has 2 unspecified atom stereocenters. The molecule has 1 aliphatic carbocycles. The van der Waals surface area contributed by atoms with Crippen LogP contribution < -0.4 is 0 Å². The van der Waals surface area contributed by atoms with E-state index in [2.05, 4.69) is 0 Å². The van der Waals surface area contributed by atoms with Gasteiger partial charge in [0.2, 0.25) is 0 Å². The summed E-state index contributed by atoms with van der Waals surface area (Å²) < 4.78 is 5.90. The van der Waals surface area contributed by atoms with Crippen LogP contribution in [0.15, 0.2) is 28.7 Å². The predicted molar refractivity (Wildman–Crippen MR) is 68.7 cm³/mol. The maximum atomic E-state index is 11.2. The highest BCUT2D eigenvalue weighted by Gasteiger charge is 2.36. The van der Waals surface area contributed by atoms with Crippen LogP contribution in [0, 0.1) is 12.8 Å². The van der Waals surface area contributed by atoms with Crippen molar-refractivity contribution in [2.75, 3.05) is 0 Å². The lowest BCUT2D eigenvalue weighted by Crippen LogP contribution is -2.16. The van der Waals surface area contributed by atoms with Crippen molar-refractivity contribution in [2.45, 2.75) is 32.1 Å². The Labute approximate surface area is 105 Å². The van der Waals surface area contributed by atoms with Crippen molar-refractivity contribution < 1.29 is 14.3 Å². The first-order chi connectivity index (χ1) is 8.66. The first kappa shape index (κ1) is 11.3. The van der Waals surface area contributed by atoms with Crippen LogP contribution in [0.3, 0.4) is 0 Å². The van der Waals surface area contributed by atoms with E-state index in [1.807, 2.05) is 31.2 Å². The monoisotopic (exact) mass is 244 g/mol. The van der Waals surface area contributed by atoms with Crippen LogP contribution in [-0.2, 0) is 4.79 Å². The maximum absolute atomic E-state index is 11.2. The van der Waals surface area contributed by atoms with E-state index in [0.717, 1.165) is 41.6 Å². The van der Waals surface area contributed by atoms with Crippen molar-refractivity contribution in [1.29, 1.82) is 0 Å². The molecule has 3 heteroatoms. The van der Waals surface area contributed by atoms with E-state index in [1.165, 1.54) is 0 Å². The quantitative estimate of drug-likeness (QED) is 0.876. The molecule has 1 fully saturated rings. The van der Waals surface area contributed by atoms with Crippen molar-refractivity contribution in [2.24, 2.45) is 5.92 Å². The van der Waals surface area contributed by atoms with Crippen LogP contribution in [-0.4, -0.2) is 11.1 Å². The Bertz CT molecular complexity index is 597. The molecule has 94 valence electrons. The van der Waals surface area contributed by atoms with Crippen LogP contribution in [0.4, 0.5) is 0 Å². The zero-order valence-corrected chi connectivity index (χ0v) is 10.3. The highest BCUT2D eigenvalue weighted by Crippen LogP contribution is 2.41. The maximum Gasteiger partial charge on any atom is 0.307 e. The van der Waals surface area contributed by atoms with E-state index >= 15 is 0 Å². The summed E-state index contributed by atoms with van der Waals surface area (Å²) >= 11 is 0. The van der Waals surface area contributed by atoms with Crippen LogP contribution in [0.1, 0.15) is 36.5 Å². The van der Waals surface area contributed by atoms with E-state index in [1.54, 1.807) is 0 Å². The summed E-state index contributed by atoms with van der Waals surface area (Å²) in [4.78, 5) is 11.2. The van der Waals surface area contributed by atoms with Gasteiger partial charge in [-0.3, -0.25) is 4.79 Å². The molecule has 1 N–H and O–H groups in total. The summed E-state index contributed by atoms with van der Waals surface area (Å²) in [6.45, 7) is 2.01. The molecule has 3 nitrogen and oxygen atoms in total. The number of hydrogen-bond acceptors (Lipinski definition) is 2. The molecule has 0 spiro atoms. The fourth-order valence-electron chi connectivity index (χ4n) is 3.01. The van der Waals surface area contributed by atoms with Crippen molar-refractivity contribution in [3.8, 4) is 0 Å². The van der Waals surface area contributed by atoms with E-state index in [4.69, 9.17) is 4.42 Å². The molecule has 1 saturated carbocycles. The van der Waals surface area contributed by atoms with Gasteiger partial charge in [0.25, 0.3) is 0 Å². The van der Waals surface area contributed by atoms with Crippen LogP contribution in [0.5, 0.6) is 0 Å². The van der Waals surface area contributed by atoms with Crippen molar-refractivity contribution in [3.05, 3.63) is 35.6 Å². The number of fused-ring (bicyclic) bond motifs is 1. The summed E-state index contributed by atoms with van der Waals surface area (Å²) in [6, 6.07) is 8.04. The Hall–Kier alpha value is -1.77. The molecular weight excluding hydrogens is 228 g/mol. The summed E-state index contributed by atoms with van der Waals surface area (Å²) in [5.41, 5.74) is 1.99. The Morgan fingerprint density at radius 1 is 1.39 bits per heavy atom. The second-order valence-corrected chi connectivity index (χ2v) is 5.12. The number of aliphatic carboxylic acids is 1. The zero-order chi connectivity index (χ0) is 12.7. The predicted octanol–water partition coefficient (Wildman–Crippen LogP) is 3.71. The third kappa shape index (κ3) is 1.70. The number of aryl methyl sites for hydroxylation is 1. The normalized spacial score (nSPS) is 23.6. The molecule has 0 saturated heterocycles. The van der Waals surface area contributed by atoms with Crippen molar-refractivity contribution >= 4 is 16.9 Å². The van der Waals surface area contributed by atoms with Crippen molar-refractivity contribution in [3.63, 3.8) is 0 Å². The van der Waals surface area contributed by atoms with Gasteiger partial charge < -0.3 is 9.52 Å². The van der Waals surface area contributed by atoms with Gasteiger partial charge in [0.1, 0.15) is 11.3 Å². The van der Waals surface area contributed by atoms with Crippen LogP contribution >= 0.6 is 0 Å². The number of carboxylic acid groups (broad SMARTS) is 1. The number of para-hydroxylation sites is 1. The zero-order valence-electron chi connectivity index (χ0n) is 10.3. The largest absolute Gasteiger partial charge is 0.481 e. The molecule has 1 heterocycles. The lowest BCUT2D eigenvalue weighted by molar-refractivity contribution is -0.142. The Morgan fingerprint density at radius 3 is 2.94 bits per heavy atom. The van der Waals surface area contributed by atoms with Gasteiger partial charge in [0.15, 0.2) is 0 Å². The Morgan fingerprint density at radius 2 is 2.22 bits per heavy atom. The average Bonchev–Trinajstić information content (AvgIpc) is 2.95. The van der Waals surface area contributed by atoms with Gasteiger partial charge in [-0.15, -0.1) is 0 Å². The third-order valence-electron chi connectivity index (χ3n) is 3.96. The lowest BCUT2D eigenvalue weighted by atomic mass is 9.94. The number of carboxylic acids is 1. The number of benzene rings is 1. The van der Waals surface area contributed by atoms with Crippen molar-refractivity contribution in [1.82, 2.24) is 0 Å². The Kier molecular flexibility index (Phi) is 2.62. The van der Waals surface area contributed by atoms with E-state index < -0.39 is 5.97 Å². The average molecular weight is 244 g/mol. The SMILES string of the molecule is Cc1cccc2cc(C3CCCC3C(=O)O)oc12. The fraction of sp³-hybridized carbons (Fsp3) is 0.400. The molecule has 0 bridgehead atoms. The number of furan rings is 1. The molecule has 1 aliphatic rings. The van der Waals surface area contributed by atoms with Crippen LogP contribution in [0.25, 0.3) is 11.0 Å². The first-order valence-electron chi connectivity index (χ1n) is 6.38. The van der Waals surface area contributed by atoms with Gasteiger partial charge >= 0.3 is 5.97 Å². The van der Waals surface area contributed by atoms with E-state index in [0.29, 0.717) is 0 Å². The van der Waals surface area contributed by atoms with Gasteiger partial charge in [-0.05, 0) is 31.4 Å². The molecule has 1 aromatic carbocycles. The summed E-state index contributed by atoms with van der Waals surface area (Å²) in [5, 5.41) is 10.3. The number of carbonyl (C=O) groups is 1. The topological polar surface area (TPSA) is 50.4 Å². The second-order valence-electron chi connectivity index (χ2n) is 5.12. The molecular formula is C15H16O3. The standard InChI is InChI=1S/C15H16O3/c1-9-4-2-5-10-8-13(18-14(9)10)11-6-3-7-12(11)15(16)17/h2,4-5,8,11-12H,3,6-7H2,1H3,(H,16,17). The molecule has 0 radical (unpaired) electrons. The van der Waals surface area contributed by atoms with Gasteiger partial charge in [0.05, 0.1) is 5.92 Å². The van der Waals surface area contributed by atoms with Gasteiger partial charge in [-0.25, -0.2) is 0 Å². The minimum absolute atomic E-state index is 0.0364. The van der Waals surface area contributed by atoms with E-state index in [9.17, 15) is 9.90 Å². The molecule has 18 heavy (non-hydrogen) atoms. The highest BCUT2D eigenvalue weighted by atomic mass is 16.4. The van der Waals surface area contributed by atoms with Gasteiger partial charge in [-0.2, -0.15) is 0 Å². The summed E-state index contributed by atoms with van der Waals surface area (Å²) in [7, 11) is 0. The van der Waals surface area contributed by atoms with Gasteiger partial charge in [0, 0.05) is 11.3 Å². The fourth-order valence-corrected chi connectivity index (χ4v) is 3.01. The molecule has 2 aromatic rings. The number of hydrogen-bond donors (Lipinski definition) is 1. The van der Waals surface area contributed by atoms with Gasteiger partial charge in [-0.1, -0.05) is 24.6 Å². The minimum Gasteiger partial charge on any atom is -0.481 e. The molecule has 2 atom stereocenters. The molecule has 3 rings (SSSR count). The minimum atomic E-state index is -0.699. The molecule has 0 amide bonds. The summed E-state index contributed by atoms with van der Waals surface area (Å²) in [5.74, 6) is -0.112. The number of rotatable bonds is 2. The smallest absolute Gasteiger partial charge is 0.307 e. The third-order valence-corrected chi connectivity index (χ3v) is 3.96. The van der Waals surface area contributed by atoms with E-state index in [-0.39, 0.29) is 11.8 Å².